The summed E-state index contributed by atoms with van der Waals surface area (Å²) in [6.07, 6.45) is 0. The van der Waals surface area contributed by atoms with E-state index in [1.165, 1.54) is 32.0 Å². The molecule has 20 heavy (non-hydrogen) atoms. The van der Waals surface area contributed by atoms with Gasteiger partial charge in [0.2, 0.25) is 17.5 Å². The Hall–Kier alpha value is -1.72. The quantitative estimate of drug-likeness (QED) is 0.879. The fourth-order valence-corrected chi connectivity index (χ4v) is 2.42. The van der Waals surface area contributed by atoms with Crippen molar-refractivity contribution in [1.29, 1.82) is 0 Å². The number of benzene rings is 1. The number of ether oxygens (including phenoxy) is 1. The van der Waals surface area contributed by atoms with E-state index in [9.17, 15) is 14.7 Å². The van der Waals surface area contributed by atoms with Crippen molar-refractivity contribution in [3.8, 4) is 0 Å². The number of rotatable bonds is 2. The van der Waals surface area contributed by atoms with E-state index in [0.29, 0.717) is 15.6 Å². The van der Waals surface area contributed by atoms with Crippen LogP contribution >= 0.6 is 23.2 Å². The molecule has 1 aromatic rings. The first kappa shape index (κ1) is 14.7. The standard InChI is InChI=1S/C13H11Cl2NO4/c1-6(17)16-12-10(18)11(19)13(2,20-12)7-3-8(14)5-9(15)4-7/h3-5,18H,1-2H3,(H,16,17). The van der Waals surface area contributed by atoms with Gasteiger partial charge in [-0.05, 0) is 25.1 Å². The fraction of sp³-hybridized carbons (Fsp3) is 0.231. The van der Waals surface area contributed by atoms with E-state index in [2.05, 4.69) is 5.32 Å². The minimum absolute atomic E-state index is 0.277. The summed E-state index contributed by atoms with van der Waals surface area (Å²) in [5.41, 5.74) is -1.11. The third-order valence-corrected chi connectivity index (χ3v) is 3.31. The van der Waals surface area contributed by atoms with E-state index in [0.717, 1.165) is 0 Å². The van der Waals surface area contributed by atoms with Gasteiger partial charge in [-0.15, -0.1) is 0 Å². The van der Waals surface area contributed by atoms with Crippen molar-refractivity contribution in [2.45, 2.75) is 19.4 Å². The lowest BCUT2D eigenvalue weighted by Crippen LogP contribution is -2.32. The number of halogens is 2. The van der Waals surface area contributed by atoms with Gasteiger partial charge in [0, 0.05) is 22.5 Å². The summed E-state index contributed by atoms with van der Waals surface area (Å²) in [6, 6.07) is 4.53. The molecule has 106 valence electrons. The van der Waals surface area contributed by atoms with Gasteiger partial charge in [0.05, 0.1) is 0 Å². The summed E-state index contributed by atoms with van der Waals surface area (Å²) in [5, 5.41) is 12.7. The minimum Gasteiger partial charge on any atom is -0.501 e. The molecular formula is C13H11Cl2NO4. The van der Waals surface area contributed by atoms with Crippen LogP contribution in [-0.2, 0) is 19.9 Å². The summed E-state index contributed by atoms with van der Waals surface area (Å²) in [5.74, 6) is -2.06. The Bertz CT molecular complexity index is 621. The van der Waals surface area contributed by atoms with E-state index in [1.54, 1.807) is 0 Å². The van der Waals surface area contributed by atoms with Crippen molar-refractivity contribution in [2.75, 3.05) is 0 Å². The van der Waals surface area contributed by atoms with Crippen molar-refractivity contribution in [1.82, 2.24) is 5.32 Å². The zero-order valence-corrected chi connectivity index (χ0v) is 12.2. The Kier molecular flexibility index (Phi) is 3.67. The van der Waals surface area contributed by atoms with Gasteiger partial charge in [0.1, 0.15) is 0 Å². The summed E-state index contributed by atoms with van der Waals surface area (Å²) >= 11 is 11.8. The number of carbonyl (C=O) groups is 2. The molecule has 0 saturated carbocycles. The first-order chi connectivity index (χ1) is 9.24. The van der Waals surface area contributed by atoms with Crippen molar-refractivity contribution in [3.63, 3.8) is 0 Å². The van der Waals surface area contributed by atoms with E-state index in [1.807, 2.05) is 0 Å². The summed E-state index contributed by atoms with van der Waals surface area (Å²) in [6.45, 7) is 2.70. The van der Waals surface area contributed by atoms with Gasteiger partial charge >= 0.3 is 0 Å². The molecule has 0 aliphatic carbocycles. The molecule has 1 aliphatic rings. The van der Waals surface area contributed by atoms with Crippen LogP contribution in [0.3, 0.4) is 0 Å². The Morgan fingerprint density at radius 2 is 1.85 bits per heavy atom. The van der Waals surface area contributed by atoms with E-state index < -0.39 is 23.1 Å². The second kappa shape index (κ2) is 5.00. The van der Waals surface area contributed by atoms with Gasteiger partial charge in [0.15, 0.2) is 5.60 Å². The van der Waals surface area contributed by atoms with Crippen LogP contribution in [0.2, 0.25) is 10.0 Å². The van der Waals surface area contributed by atoms with Crippen molar-refractivity contribution in [3.05, 3.63) is 45.5 Å². The molecule has 0 radical (unpaired) electrons. The van der Waals surface area contributed by atoms with Crippen molar-refractivity contribution < 1.29 is 19.4 Å². The van der Waals surface area contributed by atoms with Crippen molar-refractivity contribution >= 4 is 34.9 Å². The SMILES string of the molecule is CC(=O)NC1=C(O)C(=O)C(C)(c2cc(Cl)cc(Cl)c2)O1. The molecular weight excluding hydrogens is 305 g/mol. The smallest absolute Gasteiger partial charge is 0.250 e. The number of carbonyl (C=O) groups excluding carboxylic acids is 2. The third kappa shape index (κ3) is 2.46. The first-order valence-corrected chi connectivity index (χ1v) is 6.41. The molecule has 1 unspecified atom stereocenters. The molecule has 0 spiro atoms. The van der Waals surface area contributed by atoms with Crippen LogP contribution in [-0.4, -0.2) is 16.8 Å². The monoisotopic (exact) mass is 315 g/mol. The highest BCUT2D eigenvalue weighted by molar-refractivity contribution is 6.34. The molecule has 0 fully saturated rings. The predicted octanol–water partition coefficient (Wildman–Crippen LogP) is 2.67. The van der Waals surface area contributed by atoms with Gasteiger partial charge in [-0.2, -0.15) is 0 Å². The number of Topliss-reactive ketones (excluding diaryl/α,β-unsaturated/α-hetero) is 1. The largest absolute Gasteiger partial charge is 0.501 e. The first-order valence-electron chi connectivity index (χ1n) is 5.65. The summed E-state index contributed by atoms with van der Waals surface area (Å²) in [4.78, 5) is 23.2. The molecule has 1 aromatic carbocycles. The lowest BCUT2D eigenvalue weighted by molar-refractivity contribution is -0.132. The van der Waals surface area contributed by atoms with Crippen LogP contribution < -0.4 is 5.32 Å². The Labute approximate surface area is 125 Å². The molecule has 0 saturated heterocycles. The highest BCUT2D eigenvalue weighted by Gasteiger charge is 2.48. The maximum absolute atomic E-state index is 12.2. The molecule has 0 bridgehead atoms. The number of aliphatic hydroxyl groups excluding tert-OH is 1. The zero-order valence-electron chi connectivity index (χ0n) is 10.7. The topological polar surface area (TPSA) is 75.6 Å². The predicted molar refractivity (Wildman–Crippen MR) is 73.4 cm³/mol. The van der Waals surface area contributed by atoms with Gasteiger partial charge in [0.25, 0.3) is 5.78 Å². The minimum atomic E-state index is -1.49. The molecule has 1 atom stereocenters. The number of aliphatic hydroxyl groups is 1. The van der Waals surface area contributed by atoms with Crippen LogP contribution in [0.4, 0.5) is 0 Å². The number of hydrogen-bond acceptors (Lipinski definition) is 4. The lowest BCUT2D eigenvalue weighted by Gasteiger charge is -2.23. The highest BCUT2D eigenvalue weighted by Crippen LogP contribution is 2.38. The summed E-state index contributed by atoms with van der Waals surface area (Å²) < 4.78 is 5.41. The van der Waals surface area contributed by atoms with Crippen LogP contribution in [0.25, 0.3) is 0 Å². The van der Waals surface area contributed by atoms with E-state index >= 15 is 0 Å². The number of nitrogens with one attached hydrogen (secondary N) is 1. The lowest BCUT2D eigenvalue weighted by atomic mass is 9.92. The maximum atomic E-state index is 12.2. The molecule has 1 amide bonds. The average molecular weight is 316 g/mol. The fourth-order valence-electron chi connectivity index (χ4n) is 1.89. The van der Waals surface area contributed by atoms with Crippen LogP contribution in [0, 0.1) is 0 Å². The van der Waals surface area contributed by atoms with Gasteiger partial charge in [-0.1, -0.05) is 23.2 Å². The summed E-state index contributed by atoms with van der Waals surface area (Å²) in [7, 11) is 0. The third-order valence-electron chi connectivity index (χ3n) is 2.87. The number of ketones is 1. The van der Waals surface area contributed by atoms with E-state index in [4.69, 9.17) is 27.9 Å². The Morgan fingerprint density at radius 3 is 2.35 bits per heavy atom. The normalized spacial score (nSPS) is 21.9. The number of hydrogen-bond donors (Lipinski definition) is 2. The molecule has 5 nitrogen and oxygen atoms in total. The highest BCUT2D eigenvalue weighted by atomic mass is 35.5. The molecule has 7 heteroatoms. The van der Waals surface area contributed by atoms with Crippen LogP contribution in [0.15, 0.2) is 29.8 Å². The van der Waals surface area contributed by atoms with Crippen LogP contribution in [0.5, 0.6) is 0 Å². The average Bonchev–Trinajstić information content (AvgIpc) is 2.53. The molecule has 1 heterocycles. The molecule has 0 aromatic heterocycles. The van der Waals surface area contributed by atoms with Gasteiger partial charge in [-0.25, -0.2) is 0 Å². The van der Waals surface area contributed by atoms with Gasteiger partial charge < -0.3 is 9.84 Å². The van der Waals surface area contributed by atoms with Crippen LogP contribution in [0.1, 0.15) is 19.4 Å². The maximum Gasteiger partial charge on any atom is 0.250 e. The van der Waals surface area contributed by atoms with Gasteiger partial charge in [-0.3, -0.25) is 14.9 Å². The Balaban J connectivity index is 2.43. The molecule has 1 aliphatic heterocycles. The second-order valence-electron chi connectivity index (χ2n) is 4.48. The molecule has 2 rings (SSSR count). The molecule has 2 N–H and O–H groups in total. The van der Waals surface area contributed by atoms with Crippen molar-refractivity contribution in [2.24, 2.45) is 0 Å². The Morgan fingerprint density at radius 1 is 1.30 bits per heavy atom. The van der Waals surface area contributed by atoms with E-state index in [-0.39, 0.29) is 5.88 Å². The second-order valence-corrected chi connectivity index (χ2v) is 5.35. The number of amides is 1. The zero-order chi connectivity index (χ0) is 15.1.